The molecule has 0 radical (unpaired) electrons. The minimum Gasteiger partial charge on any atom is -0.496 e. The predicted octanol–water partition coefficient (Wildman–Crippen LogP) is -0.132. The SMILES string of the molecule is CNNC1=NS(=O)(=O)c2cccc(OC)c21. The second-order valence-corrected chi connectivity index (χ2v) is 4.70. The monoisotopic (exact) mass is 241 g/mol. The van der Waals surface area contributed by atoms with E-state index in [9.17, 15) is 8.42 Å². The van der Waals surface area contributed by atoms with Crippen molar-refractivity contribution in [1.29, 1.82) is 0 Å². The van der Waals surface area contributed by atoms with E-state index in [1.54, 1.807) is 19.2 Å². The van der Waals surface area contributed by atoms with Crippen molar-refractivity contribution in [2.45, 2.75) is 4.90 Å². The molecular formula is C9H11N3O3S. The van der Waals surface area contributed by atoms with Gasteiger partial charge >= 0.3 is 0 Å². The zero-order chi connectivity index (χ0) is 11.8. The fourth-order valence-electron chi connectivity index (χ4n) is 1.55. The van der Waals surface area contributed by atoms with Gasteiger partial charge in [-0.25, -0.2) is 5.43 Å². The number of hydrogen-bond acceptors (Lipinski definition) is 5. The molecule has 7 heteroatoms. The van der Waals surface area contributed by atoms with Gasteiger partial charge in [-0.1, -0.05) is 6.07 Å². The molecule has 0 aromatic heterocycles. The van der Waals surface area contributed by atoms with Crippen LogP contribution in [0.1, 0.15) is 5.56 Å². The summed E-state index contributed by atoms with van der Waals surface area (Å²) < 4.78 is 32.1. The largest absolute Gasteiger partial charge is 0.496 e. The van der Waals surface area contributed by atoms with Crippen LogP contribution in [0.2, 0.25) is 0 Å². The Kier molecular flexibility index (Phi) is 2.56. The number of rotatable bonds is 2. The molecule has 6 nitrogen and oxygen atoms in total. The third kappa shape index (κ3) is 1.54. The van der Waals surface area contributed by atoms with Crippen LogP contribution in [0.3, 0.4) is 0 Å². The van der Waals surface area contributed by atoms with Crippen LogP contribution in [0.25, 0.3) is 0 Å². The highest BCUT2D eigenvalue weighted by Crippen LogP contribution is 2.32. The van der Waals surface area contributed by atoms with Gasteiger partial charge in [-0.2, -0.15) is 8.42 Å². The number of amidine groups is 1. The average Bonchev–Trinajstić information content (AvgIpc) is 2.51. The van der Waals surface area contributed by atoms with Crippen LogP contribution in [0.4, 0.5) is 0 Å². The summed E-state index contributed by atoms with van der Waals surface area (Å²) >= 11 is 0. The maximum atomic E-state index is 11.7. The first-order chi connectivity index (χ1) is 7.60. The molecule has 1 aromatic rings. The molecule has 0 fully saturated rings. The Hall–Kier alpha value is -1.60. The number of nitrogens with one attached hydrogen (secondary N) is 2. The van der Waals surface area contributed by atoms with Crippen molar-refractivity contribution in [3.63, 3.8) is 0 Å². The average molecular weight is 241 g/mol. The summed E-state index contributed by atoms with van der Waals surface area (Å²) in [6.07, 6.45) is 0. The minimum absolute atomic E-state index is 0.157. The van der Waals surface area contributed by atoms with Gasteiger partial charge in [0, 0.05) is 7.05 Å². The van der Waals surface area contributed by atoms with E-state index in [0.29, 0.717) is 11.3 Å². The summed E-state index contributed by atoms with van der Waals surface area (Å²) in [6.45, 7) is 0. The molecule has 0 spiro atoms. The first-order valence-corrected chi connectivity index (χ1v) is 5.99. The Bertz CT molecular complexity index is 551. The van der Waals surface area contributed by atoms with E-state index in [4.69, 9.17) is 4.74 Å². The molecule has 86 valence electrons. The van der Waals surface area contributed by atoms with Crippen molar-refractivity contribution in [3.8, 4) is 5.75 Å². The zero-order valence-corrected chi connectivity index (χ0v) is 9.63. The molecule has 0 bridgehead atoms. The smallest absolute Gasteiger partial charge is 0.285 e. The standard InChI is InChI=1S/C9H11N3O3S/c1-10-11-9-8-6(15-2)4-3-5-7(8)16(13,14)12-9/h3-5,10H,1-2H3,(H,11,12). The number of methoxy groups -OCH3 is 1. The van der Waals surface area contributed by atoms with E-state index in [-0.39, 0.29) is 10.7 Å². The molecule has 0 saturated heterocycles. The maximum Gasteiger partial charge on any atom is 0.285 e. The van der Waals surface area contributed by atoms with E-state index in [2.05, 4.69) is 15.2 Å². The van der Waals surface area contributed by atoms with E-state index in [0.717, 1.165) is 0 Å². The summed E-state index contributed by atoms with van der Waals surface area (Å²) in [5, 5.41) is 0. The van der Waals surface area contributed by atoms with Crippen molar-refractivity contribution in [2.24, 2.45) is 4.40 Å². The second kappa shape index (κ2) is 3.76. The van der Waals surface area contributed by atoms with Crippen LogP contribution < -0.4 is 15.6 Å². The Morgan fingerprint density at radius 3 is 2.75 bits per heavy atom. The molecule has 0 unspecified atom stereocenters. The Balaban J connectivity index is 2.67. The topological polar surface area (TPSA) is 79.8 Å². The van der Waals surface area contributed by atoms with Crippen LogP contribution in [0.5, 0.6) is 5.75 Å². The molecule has 1 aliphatic heterocycles. The quantitative estimate of drug-likeness (QED) is 0.705. The van der Waals surface area contributed by atoms with Crippen LogP contribution in [0, 0.1) is 0 Å². The first-order valence-electron chi connectivity index (χ1n) is 4.55. The van der Waals surface area contributed by atoms with Gasteiger partial charge in [0.05, 0.1) is 12.7 Å². The fourth-order valence-corrected chi connectivity index (χ4v) is 2.73. The summed E-state index contributed by atoms with van der Waals surface area (Å²) in [6, 6.07) is 4.81. The molecule has 1 aliphatic rings. The van der Waals surface area contributed by atoms with Crippen LogP contribution in [-0.2, 0) is 10.0 Å². The van der Waals surface area contributed by atoms with Gasteiger partial charge in [-0.05, 0) is 12.1 Å². The maximum absolute atomic E-state index is 11.7. The fraction of sp³-hybridized carbons (Fsp3) is 0.222. The van der Waals surface area contributed by atoms with Crippen molar-refractivity contribution in [1.82, 2.24) is 10.9 Å². The summed E-state index contributed by atoms with van der Waals surface area (Å²) in [5.74, 6) is 0.718. The molecule has 16 heavy (non-hydrogen) atoms. The van der Waals surface area contributed by atoms with Crippen LogP contribution in [0.15, 0.2) is 27.5 Å². The summed E-state index contributed by atoms with van der Waals surface area (Å²) in [7, 11) is -0.493. The molecule has 0 amide bonds. The number of hydrazine groups is 1. The Morgan fingerprint density at radius 1 is 1.38 bits per heavy atom. The molecule has 2 N–H and O–H groups in total. The number of ether oxygens (including phenoxy) is 1. The molecule has 1 heterocycles. The van der Waals surface area contributed by atoms with E-state index in [1.165, 1.54) is 13.2 Å². The third-order valence-corrected chi connectivity index (χ3v) is 3.50. The van der Waals surface area contributed by atoms with Gasteiger partial charge in [-0.15, -0.1) is 4.40 Å². The number of fused-ring (bicyclic) bond motifs is 1. The highest BCUT2D eigenvalue weighted by Gasteiger charge is 2.31. The lowest BCUT2D eigenvalue weighted by Crippen LogP contribution is -2.34. The number of sulfonamides is 1. The molecule has 0 aliphatic carbocycles. The molecule has 1 aromatic carbocycles. The highest BCUT2D eigenvalue weighted by molar-refractivity contribution is 7.90. The zero-order valence-electron chi connectivity index (χ0n) is 8.81. The molecular weight excluding hydrogens is 230 g/mol. The van der Waals surface area contributed by atoms with Crippen molar-refractivity contribution in [3.05, 3.63) is 23.8 Å². The summed E-state index contributed by atoms with van der Waals surface area (Å²) in [5.41, 5.74) is 5.77. The van der Waals surface area contributed by atoms with Crippen LogP contribution in [-0.4, -0.2) is 28.4 Å². The van der Waals surface area contributed by atoms with Crippen molar-refractivity contribution in [2.75, 3.05) is 14.2 Å². The number of hydrogen-bond donors (Lipinski definition) is 2. The van der Waals surface area contributed by atoms with Gasteiger partial charge in [0.25, 0.3) is 10.0 Å². The van der Waals surface area contributed by atoms with Gasteiger partial charge in [0.15, 0.2) is 5.84 Å². The van der Waals surface area contributed by atoms with Gasteiger partial charge < -0.3 is 10.2 Å². The van der Waals surface area contributed by atoms with E-state index < -0.39 is 10.0 Å². The Labute approximate surface area is 93.4 Å². The molecule has 2 rings (SSSR count). The normalized spacial score (nSPS) is 16.5. The van der Waals surface area contributed by atoms with Gasteiger partial charge in [0.1, 0.15) is 10.6 Å². The van der Waals surface area contributed by atoms with Gasteiger partial charge in [-0.3, -0.25) is 0 Å². The highest BCUT2D eigenvalue weighted by atomic mass is 32.2. The van der Waals surface area contributed by atoms with Crippen molar-refractivity contribution >= 4 is 15.9 Å². The minimum atomic E-state index is -3.60. The van der Waals surface area contributed by atoms with E-state index in [1.807, 2.05) is 0 Å². The predicted molar refractivity (Wildman–Crippen MR) is 58.9 cm³/mol. The molecule has 0 saturated carbocycles. The lowest BCUT2D eigenvalue weighted by molar-refractivity contribution is 0.412. The van der Waals surface area contributed by atoms with Crippen molar-refractivity contribution < 1.29 is 13.2 Å². The molecule has 0 atom stereocenters. The second-order valence-electron chi connectivity index (χ2n) is 3.12. The Morgan fingerprint density at radius 2 is 2.12 bits per heavy atom. The lowest BCUT2D eigenvalue weighted by atomic mass is 10.2. The number of nitrogens with zero attached hydrogens (tertiary/aromatic N) is 1. The third-order valence-electron chi connectivity index (χ3n) is 2.18. The van der Waals surface area contributed by atoms with E-state index >= 15 is 0 Å². The van der Waals surface area contributed by atoms with Gasteiger partial charge in [0.2, 0.25) is 0 Å². The van der Waals surface area contributed by atoms with Crippen LogP contribution >= 0.6 is 0 Å². The first kappa shape index (κ1) is 10.9. The lowest BCUT2D eigenvalue weighted by Gasteiger charge is -2.08. The summed E-state index contributed by atoms with van der Waals surface area (Å²) in [4.78, 5) is 0.157. The number of benzene rings is 1.